The molecule has 1 saturated heterocycles. The Hall–Kier alpha value is -1.86. The van der Waals surface area contributed by atoms with Gasteiger partial charge < -0.3 is 9.47 Å². The Morgan fingerprint density at radius 2 is 2.35 bits per heavy atom. The number of benzene rings is 1. The molecule has 0 N–H and O–H groups in total. The van der Waals surface area contributed by atoms with Crippen molar-refractivity contribution < 1.29 is 14.3 Å². The average Bonchev–Trinajstić information content (AvgIpc) is 3.09. The van der Waals surface area contributed by atoms with E-state index in [0.717, 1.165) is 11.1 Å². The van der Waals surface area contributed by atoms with E-state index < -0.39 is 6.10 Å². The first-order valence-corrected chi connectivity index (χ1v) is 5.50. The number of epoxide rings is 1. The summed E-state index contributed by atoms with van der Waals surface area (Å²) in [6.07, 6.45) is -0.706. The molecule has 0 saturated carbocycles. The van der Waals surface area contributed by atoms with Crippen molar-refractivity contribution in [2.24, 2.45) is 0 Å². The molecule has 0 amide bonds. The Morgan fingerprint density at radius 3 is 2.94 bits per heavy atom. The smallest absolute Gasteiger partial charge is 0.338 e. The van der Waals surface area contributed by atoms with Gasteiger partial charge in [-0.2, -0.15) is 5.26 Å². The highest BCUT2D eigenvalue weighted by molar-refractivity contribution is 5.78. The molecule has 1 aliphatic rings. The lowest BCUT2D eigenvalue weighted by molar-refractivity contribution is -0.144. The second-order valence-electron chi connectivity index (χ2n) is 3.92. The third-order valence-corrected chi connectivity index (χ3v) is 2.71. The monoisotopic (exact) mass is 231 g/mol. The van der Waals surface area contributed by atoms with Gasteiger partial charge >= 0.3 is 5.97 Å². The van der Waals surface area contributed by atoms with Gasteiger partial charge in [0.25, 0.3) is 0 Å². The zero-order valence-corrected chi connectivity index (χ0v) is 9.77. The number of hydrogen-bond acceptors (Lipinski definition) is 4. The van der Waals surface area contributed by atoms with Crippen molar-refractivity contribution in [3.05, 3.63) is 34.9 Å². The van der Waals surface area contributed by atoms with Crippen molar-refractivity contribution in [2.45, 2.75) is 26.1 Å². The van der Waals surface area contributed by atoms with E-state index in [-0.39, 0.29) is 12.1 Å². The van der Waals surface area contributed by atoms with Crippen molar-refractivity contribution in [2.75, 3.05) is 6.61 Å². The number of aryl methyl sites for hydroxylation is 1. The largest absolute Gasteiger partial charge is 0.464 e. The van der Waals surface area contributed by atoms with Crippen LogP contribution < -0.4 is 0 Å². The normalized spacial score (nSPS) is 21.7. The van der Waals surface area contributed by atoms with Crippen LogP contribution in [0.4, 0.5) is 0 Å². The van der Waals surface area contributed by atoms with E-state index in [9.17, 15) is 4.79 Å². The second-order valence-corrected chi connectivity index (χ2v) is 3.92. The molecule has 2 unspecified atom stereocenters. The minimum absolute atomic E-state index is 0.222. The summed E-state index contributed by atoms with van der Waals surface area (Å²) in [6.45, 7) is 3.99. The fourth-order valence-corrected chi connectivity index (χ4v) is 1.76. The number of hydrogen-bond donors (Lipinski definition) is 0. The number of nitrogens with zero attached hydrogens (tertiary/aromatic N) is 1. The fourth-order valence-electron chi connectivity index (χ4n) is 1.76. The molecule has 0 spiro atoms. The van der Waals surface area contributed by atoms with Gasteiger partial charge in [0.2, 0.25) is 0 Å². The summed E-state index contributed by atoms with van der Waals surface area (Å²) in [6, 6.07) is 7.54. The summed E-state index contributed by atoms with van der Waals surface area (Å²) in [5.41, 5.74) is 2.45. The maximum atomic E-state index is 11.4. The van der Waals surface area contributed by atoms with Crippen molar-refractivity contribution in [1.29, 1.82) is 5.26 Å². The van der Waals surface area contributed by atoms with Gasteiger partial charge in [0.05, 0.1) is 18.2 Å². The first-order valence-electron chi connectivity index (χ1n) is 5.50. The molecule has 1 fully saturated rings. The number of carbonyl (C=O) groups excluding carboxylic acids is 1. The molecule has 17 heavy (non-hydrogen) atoms. The van der Waals surface area contributed by atoms with Crippen LogP contribution >= 0.6 is 0 Å². The van der Waals surface area contributed by atoms with Gasteiger partial charge in [0, 0.05) is 0 Å². The number of nitriles is 1. The van der Waals surface area contributed by atoms with Crippen LogP contribution in [-0.4, -0.2) is 18.7 Å². The van der Waals surface area contributed by atoms with Crippen LogP contribution in [0, 0.1) is 18.3 Å². The maximum absolute atomic E-state index is 11.4. The van der Waals surface area contributed by atoms with Crippen LogP contribution in [0.15, 0.2) is 18.2 Å². The molecule has 1 aliphatic heterocycles. The molecule has 4 heteroatoms. The molecule has 0 radical (unpaired) electrons. The van der Waals surface area contributed by atoms with E-state index in [2.05, 4.69) is 6.07 Å². The first-order chi connectivity index (χ1) is 8.17. The molecule has 2 atom stereocenters. The Kier molecular flexibility index (Phi) is 3.12. The summed E-state index contributed by atoms with van der Waals surface area (Å²) >= 11 is 0. The lowest BCUT2D eigenvalue weighted by Gasteiger charge is -2.01. The van der Waals surface area contributed by atoms with Crippen molar-refractivity contribution in [1.82, 2.24) is 0 Å². The van der Waals surface area contributed by atoms with Crippen LogP contribution in [0.3, 0.4) is 0 Å². The third-order valence-electron chi connectivity index (χ3n) is 2.71. The lowest BCUT2D eigenvalue weighted by atomic mass is 10.0. The average molecular weight is 231 g/mol. The number of rotatable bonds is 3. The molecule has 88 valence electrons. The van der Waals surface area contributed by atoms with Gasteiger partial charge in [-0.1, -0.05) is 12.1 Å². The minimum atomic E-state index is -0.484. The van der Waals surface area contributed by atoms with Gasteiger partial charge in [-0.3, -0.25) is 0 Å². The highest BCUT2D eigenvalue weighted by atomic mass is 16.6. The number of carbonyl (C=O) groups is 1. The predicted molar refractivity (Wildman–Crippen MR) is 60.1 cm³/mol. The Bertz CT molecular complexity index is 490. The zero-order chi connectivity index (χ0) is 12.4. The van der Waals surface area contributed by atoms with Crippen molar-refractivity contribution in [3.63, 3.8) is 0 Å². The molecule has 0 aromatic heterocycles. The minimum Gasteiger partial charge on any atom is -0.464 e. The topological polar surface area (TPSA) is 62.6 Å². The van der Waals surface area contributed by atoms with Crippen molar-refractivity contribution >= 4 is 5.97 Å². The van der Waals surface area contributed by atoms with Crippen LogP contribution in [-0.2, 0) is 14.3 Å². The number of esters is 1. The van der Waals surface area contributed by atoms with E-state index in [1.165, 1.54) is 0 Å². The Morgan fingerprint density at radius 1 is 1.59 bits per heavy atom. The highest BCUT2D eigenvalue weighted by Crippen LogP contribution is 2.39. The summed E-state index contributed by atoms with van der Waals surface area (Å²) in [5, 5.41) is 8.82. The quantitative estimate of drug-likeness (QED) is 0.588. The number of ether oxygens (including phenoxy) is 2. The Balaban J connectivity index is 2.09. The van der Waals surface area contributed by atoms with E-state index in [4.69, 9.17) is 14.7 Å². The third kappa shape index (κ3) is 2.29. The molecule has 2 rings (SSSR count). The van der Waals surface area contributed by atoms with E-state index >= 15 is 0 Å². The van der Waals surface area contributed by atoms with Gasteiger partial charge in [-0.25, -0.2) is 4.79 Å². The summed E-state index contributed by atoms with van der Waals surface area (Å²) in [4.78, 5) is 11.4. The summed E-state index contributed by atoms with van der Waals surface area (Å²) < 4.78 is 10.2. The molecular formula is C13H13NO3. The first kappa shape index (κ1) is 11.6. The van der Waals surface area contributed by atoms with E-state index in [1.54, 1.807) is 13.0 Å². The standard InChI is InChI=1S/C13H13NO3/c1-3-16-13(15)12-11(17-12)9-4-5-10(7-14)8(2)6-9/h4-6,11-12H,3H2,1-2H3. The summed E-state index contributed by atoms with van der Waals surface area (Å²) in [7, 11) is 0. The van der Waals surface area contributed by atoms with E-state index in [1.807, 2.05) is 19.1 Å². The molecule has 0 aliphatic carbocycles. The van der Waals surface area contributed by atoms with Gasteiger partial charge in [-0.05, 0) is 31.0 Å². The van der Waals surface area contributed by atoms with Crippen LogP contribution in [0.1, 0.15) is 29.7 Å². The highest BCUT2D eigenvalue weighted by Gasteiger charge is 2.47. The molecule has 1 heterocycles. The van der Waals surface area contributed by atoms with Crippen molar-refractivity contribution in [3.8, 4) is 6.07 Å². The lowest BCUT2D eigenvalue weighted by Crippen LogP contribution is -2.11. The fraction of sp³-hybridized carbons (Fsp3) is 0.385. The molecule has 0 bridgehead atoms. The SMILES string of the molecule is CCOC(=O)C1OC1c1ccc(C#N)c(C)c1. The molecule has 4 nitrogen and oxygen atoms in total. The van der Waals surface area contributed by atoms with Crippen LogP contribution in [0.5, 0.6) is 0 Å². The predicted octanol–water partition coefficient (Wildman–Crippen LogP) is 1.87. The van der Waals surface area contributed by atoms with Gasteiger partial charge in [-0.15, -0.1) is 0 Å². The molecule has 1 aromatic rings. The zero-order valence-electron chi connectivity index (χ0n) is 9.77. The Labute approximate surface area is 99.8 Å². The maximum Gasteiger partial charge on any atom is 0.338 e. The van der Waals surface area contributed by atoms with Gasteiger partial charge in [0.15, 0.2) is 6.10 Å². The second kappa shape index (κ2) is 4.56. The van der Waals surface area contributed by atoms with Gasteiger partial charge in [0.1, 0.15) is 6.10 Å². The van der Waals surface area contributed by atoms with E-state index in [0.29, 0.717) is 12.2 Å². The molecular weight excluding hydrogens is 218 g/mol. The summed E-state index contributed by atoms with van der Waals surface area (Å²) in [5.74, 6) is -0.320. The molecule has 1 aromatic carbocycles. The van der Waals surface area contributed by atoms with Crippen LogP contribution in [0.25, 0.3) is 0 Å². The van der Waals surface area contributed by atoms with Crippen LogP contribution in [0.2, 0.25) is 0 Å².